The molecule has 0 bridgehead atoms. The average Bonchev–Trinajstić information content (AvgIpc) is 3.33. The summed E-state index contributed by atoms with van der Waals surface area (Å²) in [5.41, 5.74) is 2.03. The summed E-state index contributed by atoms with van der Waals surface area (Å²) in [5.74, 6) is 1.58. The molecule has 2 aromatic heterocycles. The van der Waals surface area contributed by atoms with Crippen LogP contribution in [0.5, 0.6) is 0 Å². The third-order valence-electron chi connectivity index (χ3n) is 5.47. The number of hydrogen-bond donors (Lipinski definition) is 0. The maximum atomic E-state index is 10.8. The van der Waals surface area contributed by atoms with Crippen LogP contribution in [0.2, 0.25) is 0 Å². The monoisotopic (exact) mass is 440 g/mol. The molecule has 1 aliphatic heterocycles. The van der Waals surface area contributed by atoms with Crippen LogP contribution in [0.1, 0.15) is 5.76 Å². The molecule has 0 saturated carbocycles. The van der Waals surface area contributed by atoms with Crippen molar-refractivity contribution >= 4 is 23.6 Å². The number of allylic oxidation sites excluding steroid dienone is 1. The second kappa shape index (κ2) is 8.86. The molecule has 3 aromatic rings. The van der Waals surface area contributed by atoms with Crippen LogP contribution < -0.4 is 4.90 Å². The predicted octanol–water partition coefficient (Wildman–Crippen LogP) is 3.86. The molecule has 0 unspecified atom stereocenters. The second-order valence-corrected chi connectivity index (χ2v) is 7.78. The number of furan rings is 1. The molecule has 1 aliphatic rings. The normalized spacial score (nSPS) is 14.7. The van der Waals surface area contributed by atoms with Crippen molar-refractivity contribution in [3.8, 4) is 11.4 Å². The first kappa shape index (κ1) is 21.0. The van der Waals surface area contributed by atoms with Crippen LogP contribution in [0.3, 0.4) is 0 Å². The highest BCUT2D eigenvalue weighted by Crippen LogP contribution is 2.24. The van der Waals surface area contributed by atoms with Gasteiger partial charge in [-0.2, -0.15) is 5.10 Å². The Bertz CT molecular complexity index is 1140. The molecule has 0 spiro atoms. The van der Waals surface area contributed by atoms with E-state index in [-0.39, 0.29) is 10.6 Å². The Hall–Kier alpha value is -3.24. The van der Waals surface area contributed by atoms with Crippen molar-refractivity contribution in [3.05, 3.63) is 69.9 Å². The van der Waals surface area contributed by atoms with E-state index in [0.717, 1.165) is 49.0 Å². The number of aryl methyl sites for hydroxylation is 1. The second-order valence-electron chi connectivity index (χ2n) is 7.42. The van der Waals surface area contributed by atoms with Crippen LogP contribution in [0.4, 0.5) is 11.4 Å². The highest BCUT2D eigenvalue weighted by atomic mass is 32.1. The van der Waals surface area contributed by atoms with Crippen molar-refractivity contribution in [1.29, 1.82) is 0 Å². The molecular formula is C21H24N6O3S. The standard InChI is InChI=1S/C21H24N6O3S/c1-3-9-25-20(19-8-14-30-16(19)2)22-26(21(25)31)15-23-10-12-24(13-11-23)17-4-6-18(7-5-17)27(28)29/h3-8,14H,1,9-13,15H2,2H3. The van der Waals surface area contributed by atoms with Gasteiger partial charge in [0.05, 0.1) is 23.4 Å². The number of piperazine rings is 1. The van der Waals surface area contributed by atoms with Gasteiger partial charge in [0.25, 0.3) is 5.69 Å². The highest BCUT2D eigenvalue weighted by molar-refractivity contribution is 7.71. The summed E-state index contributed by atoms with van der Waals surface area (Å²) in [4.78, 5) is 15.0. The van der Waals surface area contributed by atoms with Gasteiger partial charge in [0.2, 0.25) is 0 Å². The van der Waals surface area contributed by atoms with Gasteiger partial charge in [-0.3, -0.25) is 19.6 Å². The SMILES string of the molecule is C=CCn1c(-c2ccoc2C)nn(CN2CCN(c3ccc([N+](=O)[O-])cc3)CC2)c1=S. The molecule has 0 N–H and O–H groups in total. The molecule has 3 heterocycles. The Kier molecular flexibility index (Phi) is 6.01. The van der Waals surface area contributed by atoms with E-state index in [0.29, 0.717) is 18.0 Å². The fourth-order valence-electron chi connectivity index (χ4n) is 3.77. The number of nitro groups is 1. The van der Waals surface area contributed by atoms with E-state index in [1.54, 1.807) is 30.5 Å². The third-order valence-corrected chi connectivity index (χ3v) is 5.90. The third kappa shape index (κ3) is 4.30. The minimum absolute atomic E-state index is 0.107. The quantitative estimate of drug-likeness (QED) is 0.239. The number of rotatable bonds is 7. The van der Waals surface area contributed by atoms with Crippen molar-refractivity contribution in [2.75, 3.05) is 31.1 Å². The van der Waals surface area contributed by atoms with Gasteiger partial charge in [0.1, 0.15) is 5.76 Å². The zero-order valence-corrected chi connectivity index (χ0v) is 18.1. The zero-order valence-electron chi connectivity index (χ0n) is 17.3. The molecule has 0 radical (unpaired) electrons. The molecule has 0 aliphatic carbocycles. The van der Waals surface area contributed by atoms with E-state index in [1.807, 2.05) is 28.3 Å². The Balaban J connectivity index is 1.46. The van der Waals surface area contributed by atoms with Gasteiger partial charge in [0.15, 0.2) is 10.6 Å². The predicted molar refractivity (Wildman–Crippen MR) is 121 cm³/mol. The highest BCUT2D eigenvalue weighted by Gasteiger charge is 2.21. The van der Waals surface area contributed by atoms with E-state index in [2.05, 4.69) is 16.4 Å². The maximum absolute atomic E-state index is 10.8. The maximum Gasteiger partial charge on any atom is 0.269 e. The van der Waals surface area contributed by atoms with Crippen LogP contribution in [-0.2, 0) is 13.2 Å². The number of non-ortho nitro benzene ring substituents is 1. The van der Waals surface area contributed by atoms with Crippen LogP contribution in [0.25, 0.3) is 11.4 Å². The minimum atomic E-state index is -0.379. The average molecular weight is 441 g/mol. The Morgan fingerprint density at radius 2 is 1.94 bits per heavy atom. The summed E-state index contributed by atoms with van der Waals surface area (Å²) in [6.07, 6.45) is 3.46. The number of benzene rings is 1. The minimum Gasteiger partial charge on any atom is -0.469 e. The zero-order chi connectivity index (χ0) is 22.0. The molecule has 1 aromatic carbocycles. The van der Waals surface area contributed by atoms with Gasteiger partial charge in [0, 0.05) is 50.5 Å². The van der Waals surface area contributed by atoms with Crippen molar-refractivity contribution < 1.29 is 9.34 Å². The molecule has 10 heteroatoms. The van der Waals surface area contributed by atoms with E-state index < -0.39 is 0 Å². The van der Waals surface area contributed by atoms with Gasteiger partial charge in [-0.05, 0) is 37.3 Å². The lowest BCUT2D eigenvalue weighted by Gasteiger charge is -2.35. The Labute approximate surface area is 184 Å². The summed E-state index contributed by atoms with van der Waals surface area (Å²) < 4.78 is 9.91. The van der Waals surface area contributed by atoms with Crippen LogP contribution >= 0.6 is 12.2 Å². The summed E-state index contributed by atoms with van der Waals surface area (Å²) in [6.45, 7) is 10.3. The largest absolute Gasteiger partial charge is 0.469 e. The van der Waals surface area contributed by atoms with Gasteiger partial charge < -0.3 is 9.32 Å². The number of hydrogen-bond acceptors (Lipinski definition) is 7. The molecule has 31 heavy (non-hydrogen) atoms. The molecular weight excluding hydrogens is 416 g/mol. The number of nitro benzene ring substituents is 1. The summed E-state index contributed by atoms with van der Waals surface area (Å²) >= 11 is 5.69. The lowest BCUT2D eigenvalue weighted by atomic mass is 10.2. The number of nitrogens with zero attached hydrogens (tertiary/aromatic N) is 6. The van der Waals surface area contributed by atoms with E-state index in [1.165, 1.54) is 0 Å². The number of anilines is 1. The smallest absolute Gasteiger partial charge is 0.269 e. The van der Waals surface area contributed by atoms with Crippen LogP contribution in [-0.4, -0.2) is 50.3 Å². The van der Waals surface area contributed by atoms with Gasteiger partial charge in [-0.25, -0.2) is 4.68 Å². The fourth-order valence-corrected chi connectivity index (χ4v) is 4.02. The molecule has 9 nitrogen and oxygen atoms in total. The first-order chi connectivity index (χ1) is 15.0. The lowest BCUT2D eigenvalue weighted by molar-refractivity contribution is -0.384. The van der Waals surface area contributed by atoms with Crippen molar-refractivity contribution in [2.24, 2.45) is 0 Å². The first-order valence-corrected chi connectivity index (χ1v) is 10.4. The fraction of sp³-hybridized carbons (Fsp3) is 0.333. The van der Waals surface area contributed by atoms with Gasteiger partial charge in [-0.15, -0.1) is 6.58 Å². The molecule has 1 fully saturated rings. The van der Waals surface area contributed by atoms with Crippen molar-refractivity contribution in [3.63, 3.8) is 0 Å². The van der Waals surface area contributed by atoms with Crippen LogP contribution in [0.15, 0.2) is 53.7 Å². The van der Waals surface area contributed by atoms with E-state index >= 15 is 0 Å². The summed E-state index contributed by atoms with van der Waals surface area (Å²) in [6, 6.07) is 8.61. The summed E-state index contributed by atoms with van der Waals surface area (Å²) in [7, 11) is 0. The van der Waals surface area contributed by atoms with E-state index in [4.69, 9.17) is 21.7 Å². The van der Waals surface area contributed by atoms with Gasteiger partial charge in [-0.1, -0.05) is 6.08 Å². The Morgan fingerprint density at radius 1 is 1.23 bits per heavy atom. The molecule has 0 amide bonds. The lowest BCUT2D eigenvalue weighted by Crippen LogP contribution is -2.47. The first-order valence-electron chi connectivity index (χ1n) is 10.0. The summed E-state index contributed by atoms with van der Waals surface area (Å²) in [5, 5.41) is 15.6. The molecule has 162 valence electrons. The molecule has 4 rings (SSSR count). The number of aromatic nitrogens is 3. The van der Waals surface area contributed by atoms with Crippen molar-refractivity contribution in [2.45, 2.75) is 20.1 Å². The van der Waals surface area contributed by atoms with Crippen molar-refractivity contribution in [1.82, 2.24) is 19.2 Å². The van der Waals surface area contributed by atoms with Gasteiger partial charge >= 0.3 is 0 Å². The van der Waals surface area contributed by atoms with E-state index in [9.17, 15) is 10.1 Å². The molecule has 0 atom stereocenters. The topological polar surface area (TPSA) is 85.5 Å². The van der Waals surface area contributed by atoms with Crippen LogP contribution in [0, 0.1) is 21.8 Å². The Morgan fingerprint density at radius 3 is 2.52 bits per heavy atom. The molecule has 1 saturated heterocycles.